The highest BCUT2D eigenvalue weighted by Gasteiger charge is 2.49. The number of hydrogen-bond acceptors (Lipinski definition) is 25. The molecule has 2 aliphatic heterocycles. The molecule has 0 saturated carbocycles. The van der Waals surface area contributed by atoms with Crippen LogP contribution >= 0.6 is 32.2 Å². The summed E-state index contributed by atoms with van der Waals surface area (Å²) in [5.74, 6) is 2.57. The Balaban J connectivity index is 0.000000687. The summed E-state index contributed by atoms with van der Waals surface area (Å²) < 4.78 is 119. The van der Waals surface area contributed by atoms with E-state index in [-0.39, 0.29) is 44.8 Å². The monoisotopic (exact) mass is 1450 g/mol. The average Bonchev–Trinajstić information content (AvgIpc) is 1.64. The van der Waals surface area contributed by atoms with E-state index in [9.17, 15) is 42.2 Å². The van der Waals surface area contributed by atoms with Crippen molar-refractivity contribution in [2.24, 2.45) is 0 Å². The molecular formula is C61H105F2N9O20P4. The van der Waals surface area contributed by atoms with E-state index in [2.05, 4.69) is 123 Å². The standard InChI is InChI=1S/C24H43N3O9P2.C15H32N3OP.C15H23N2O8P.C5H5N.C2H2F2O2/c1-9-15-32-37(27(17(4)5)18(6)7)36-21-19(13-16-38(30,33-10-2)34-11-3)35-23(22(21)31-8)26-14-12-20(28)25-24(26)29;1-12(2)17(13(3)4)20(19-11-9-10-16)18(14(5)6)15(7)8;1-4-23-26(21,24-5-2)9-7-10-12(19)13(22-3)14(25-10)17-8-6-11(18)16-15(17)20;1-2-4-6-5-3-1;3-2(4)1-6-5/h12-14,16-19,21-23H,9-11,15H2,1-8H3,(H,25,28,29);12-15H,9,11H2,1-8H3;6-10,12-14,19H,4-5H2,1-3H3,(H,16,18,20);1-5H;1,5H/b16-13+;;9-7+;;/t19-,21?,22+,23-,37?;;10-,12?,13+,14-;;/m1.1../s1. The first-order valence-corrected chi connectivity index (χ1v) is 37.1. The van der Waals surface area contributed by atoms with E-state index < -0.39 is 110 Å². The maximum Gasteiger partial charge on any atom is 0.353 e. The molecule has 35 heteroatoms. The van der Waals surface area contributed by atoms with Gasteiger partial charge in [-0.1, -0.05) is 13.0 Å². The van der Waals surface area contributed by atoms with Gasteiger partial charge in [0, 0.05) is 99.0 Å². The van der Waals surface area contributed by atoms with Crippen LogP contribution in [-0.2, 0) is 64.6 Å². The van der Waals surface area contributed by atoms with Crippen LogP contribution in [0.3, 0.4) is 0 Å². The van der Waals surface area contributed by atoms with E-state index in [1.54, 1.807) is 46.2 Å². The third-order valence-corrected chi connectivity index (χ3v) is 21.7. The molecule has 3 unspecified atom stereocenters. The number of aliphatic hydroxyl groups is 1. The highest BCUT2D eigenvalue weighted by atomic mass is 31.2. The van der Waals surface area contributed by atoms with Crippen molar-refractivity contribution in [3.05, 3.63) is 133 Å². The molecule has 3 aromatic heterocycles. The number of aromatic nitrogens is 5. The van der Waals surface area contributed by atoms with Crippen LogP contribution in [0.5, 0.6) is 0 Å². The smallest absolute Gasteiger partial charge is 0.353 e. The van der Waals surface area contributed by atoms with Gasteiger partial charge in [0.2, 0.25) is 0 Å². The van der Waals surface area contributed by atoms with E-state index >= 15 is 0 Å². The fraction of sp³-hybridized carbons (Fsp3) is 0.672. The second-order valence-corrected chi connectivity index (χ2v) is 29.1. The van der Waals surface area contributed by atoms with Crippen LogP contribution in [0.2, 0.25) is 0 Å². The zero-order chi connectivity index (χ0) is 72.9. The minimum absolute atomic E-state index is 0.0694. The second-order valence-electron chi connectivity index (χ2n) is 22.2. The van der Waals surface area contributed by atoms with Gasteiger partial charge in [-0.25, -0.2) is 28.9 Å². The minimum Gasteiger partial charge on any atom is -0.387 e. The van der Waals surface area contributed by atoms with Gasteiger partial charge in [0.25, 0.3) is 19.6 Å². The molecule has 29 nitrogen and oxygen atoms in total. The molecule has 0 amide bonds. The topological polar surface area (TPSA) is 341 Å². The molecule has 0 bridgehead atoms. The van der Waals surface area contributed by atoms with Crippen molar-refractivity contribution < 1.29 is 83.8 Å². The van der Waals surface area contributed by atoms with E-state index in [0.29, 0.717) is 43.8 Å². The number of nitrogens with one attached hydrogen (secondary N) is 2. The van der Waals surface area contributed by atoms with Gasteiger partial charge >= 0.3 is 32.7 Å². The van der Waals surface area contributed by atoms with Crippen molar-refractivity contribution >= 4 is 32.2 Å². The summed E-state index contributed by atoms with van der Waals surface area (Å²) in [6.45, 7) is 36.5. The number of hydrogen-bond donors (Lipinski definition) is 4. The largest absolute Gasteiger partial charge is 0.387 e. The molecule has 0 spiro atoms. The molecule has 548 valence electrons. The van der Waals surface area contributed by atoms with Crippen LogP contribution in [0.25, 0.3) is 0 Å². The lowest BCUT2D eigenvalue weighted by Crippen LogP contribution is -2.43. The Morgan fingerprint density at radius 3 is 1.40 bits per heavy atom. The number of methoxy groups -OCH3 is 2. The van der Waals surface area contributed by atoms with Crippen LogP contribution in [0, 0.1) is 11.3 Å². The summed E-state index contributed by atoms with van der Waals surface area (Å²) >= 11 is 0. The van der Waals surface area contributed by atoms with Gasteiger partial charge in [0.1, 0.15) is 36.6 Å². The van der Waals surface area contributed by atoms with Crippen molar-refractivity contribution in [1.29, 1.82) is 5.26 Å². The third-order valence-electron chi connectivity index (χ3n) is 12.9. The van der Waals surface area contributed by atoms with Crippen molar-refractivity contribution in [2.75, 3.05) is 53.9 Å². The Morgan fingerprint density at radius 1 is 0.656 bits per heavy atom. The number of pyridine rings is 1. The number of aromatic amines is 2. The number of halogens is 2. The Bertz CT molecular complexity index is 3010. The van der Waals surface area contributed by atoms with E-state index in [4.69, 9.17) is 61.1 Å². The maximum atomic E-state index is 13.1. The Kier molecular flexibility index (Phi) is 44.4. The maximum absolute atomic E-state index is 13.1. The van der Waals surface area contributed by atoms with Crippen LogP contribution in [-0.4, -0.2) is 175 Å². The second kappa shape index (κ2) is 47.6. The summed E-state index contributed by atoms with van der Waals surface area (Å²) in [6, 6.07) is 12.2. The minimum atomic E-state index is -3.55. The molecule has 96 heavy (non-hydrogen) atoms. The van der Waals surface area contributed by atoms with Crippen LogP contribution in [0.4, 0.5) is 8.78 Å². The molecule has 5 rings (SSSR count). The van der Waals surface area contributed by atoms with Gasteiger partial charge in [-0.05, 0) is 141 Å². The van der Waals surface area contributed by atoms with Gasteiger partial charge < -0.3 is 60.6 Å². The molecule has 9 atom stereocenters. The van der Waals surface area contributed by atoms with Crippen molar-refractivity contribution in [2.45, 2.75) is 216 Å². The molecule has 2 fully saturated rings. The van der Waals surface area contributed by atoms with Crippen LogP contribution in [0.15, 0.2) is 110 Å². The Labute approximate surface area is 565 Å². The summed E-state index contributed by atoms with van der Waals surface area (Å²) in [4.78, 5) is 58.5. The van der Waals surface area contributed by atoms with Crippen LogP contribution in [0.1, 0.15) is 143 Å². The average molecular weight is 1450 g/mol. The number of aliphatic hydroxyl groups excluding tert-OH is 1. The van der Waals surface area contributed by atoms with Crippen molar-refractivity contribution in [1.82, 2.24) is 38.1 Å². The molecular weight excluding hydrogens is 1340 g/mol. The lowest BCUT2D eigenvalue weighted by Gasteiger charge is -2.45. The lowest BCUT2D eigenvalue weighted by atomic mass is 10.1. The van der Waals surface area contributed by atoms with E-state index in [1.807, 2.05) is 25.1 Å². The number of ether oxygens (including phenoxy) is 4. The van der Waals surface area contributed by atoms with Crippen LogP contribution < -0.4 is 22.5 Å². The van der Waals surface area contributed by atoms with Gasteiger partial charge in [-0.3, -0.25) is 42.8 Å². The third kappa shape index (κ3) is 30.6. The predicted octanol–water partition coefficient (Wildman–Crippen LogP) is 11.7. The Hall–Kier alpha value is -4.44. The summed E-state index contributed by atoms with van der Waals surface area (Å²) in [5.41, 5.74) is -2.43. The highest BCUT2D eigenvalue weighted by molar-refractivity contribution is 7.57. The molecule has 0 radical (unpaired) electrons. The highest BCUT2D eigenvalue weighted by Crippen LogP contribution is 2.54. The number of rotatable bonds is 34. The zero-order valence-electron chi connectivity index (χ0n) is 58.7. The first-order valence-electron chi connectivity index (χ1n) is 31.6. The first-order chi connectivity index (χ1) is 45.4. The molecule has 0 aliphatic carbocycles. The zero-order valence-corrected chi connectivity index (χ0v) is 62.3. The molecule has 2 saturated heterocycles. The molecule has 3 aromatic rings. The number of nitrogens with zero attached hydrogens (tertiary/aromatic N) is 7. The number of H-pyrrole nitrogens is 2. The quantitative estimate of drug-likeness (QED) is 0.0142. The molecule has 5 heterocycles. The Morgan fingerprint density at radius 2 is 1.07 bits per heavy atom. The van der Waals surface area contributed by atoms with Crippen molar-refractivity contribution in [3.8, 4) is 6.07 Å². The normalized spacial score (nSPS) is 20.0. The molecule has 0 aromatic carbocycles. The fourth-order valence-electron chi connectivity index (χ4n) is 9.49. The van der Waals surface area contributed by atoms with Crippen molar-refractivity contribution in [3.63, 3.8) is 0 Å². The predicted molar refractivity (Wildman–Crippen MR) is 364 cm³/mol. The lowest BCUT2D eigenvalue weighted by molar-refractivity contribution is -0.189. The molecule has 4 N–H and O–H groups in total. The summed E-state index contributed by atoms with van der Waals surface area (Å²) in [6.07, 6.45) is 0.917. The van der Waals surface area contributed by atoms with Gasteiger partial charge in [0.15, 0.2) is 27.2 Å². The molecule has 2 aliphatic rings. The SMILES string of the molecule is CC(C)N(C(C)C)P(OCCC#N)N(C(C)C)C(C)C.CCCOP(OC1[C@@H](/C=C/P(=O)(OCC)OCC)O[C@@H](n2ccc(=O)[nH]c2=O)[C@H]1OC)N(C(C)C)C(C)C.CCOP(=O)(/C=C/[C@H]1O[C@@H](n2ccc(=O)[nH]c2=O)[C@@H](OC)C1O)OCC.OOC=C(F)F.c1ccncc1. The van der Waals surface area contributed by atoms with Gasteiger partial charge in [-0.15, -0.1) is 0 Å². The first kappa shape index (κ1) is 89.6. The van der Waals surface area contributed by atoms with E-state index in [1.165, 1.54) is 55.0 Å². The van der Waals surface area contributed by atoms with Gasteiger partial charge in [-0.2, -0.15) is 14.0 Å². The summed E-state index contributed by atoms with van der Waals surface area (Å²) in [5, 5.41) is 26.3. The van der Waals surface area contributed by atoms with Gasteiger partial charge in [0.05, 0.1) is 52.1 Å². The number of nitriles is 1. The summed E-state index contributed by atoms with van der Waals surface area (Å²) in [7, 11) is -6.57. The van der Waals surface area contributed by atoms with E-state index in [0.717, 1.165) is 17.1 Å². The fourth-order valence-corrected chi connectivity index (χ4v) is 16.4.